The van der Waals surface area contributed by atoms with Crippen LogP contribution in [0.2, 0.25) is 0 Å². The lowest BCUT2D eigenvalue weighted by Crippen LogP contribution is -2.14. The van der Waals surface area contributed by atoms with Crippen molar-refractivity contribution >= 4 is 17.3 Å². The minimum Gasteiger partial charge on any atom is -0.379 e. The van der Waals surface area contributed by atoms with E-state index < -0.39 is 23.4 Å². The summed E-state index contributed by atoms with van der Waals surface area (Å²) in [6.07, 6.45) is -5.51. The number of carbonyl (C=O) groups excluding carboxylic acids is 1. The van der Waals surface area contributed by atoms with Gasteiger partial charge in [0.05, 0.1) is 4.92 Å². The van der Waals surface area contributed by atoms with Crippen molar-refractivity contribution < 1.29 is 22.9 Å². The van der Waals surface area contributed by atoms with Crippen molar-refractivity contribution in [2.45, 2.75) is 19.0 Å². The summed E-state index contributed by atoms with van der Waals surface area (Å²) in [5, 5.41) is 13.3. The number of nitrogens with one attached hydrogen (secondary N) is 1. The molecule has 1 amide bonds. The van der Waals surface area contributed by atoms with Crippen LogP contribution < -0.4 is 11.1 Å². The summed E-state index contributed by atoms with van der Waals surface area (Å²) < 4.78 is 35.9. The predicted octanol–water partition coefficient (Wildman–Crippen LogP) is 2.45. The van der Waals surface area contributed by atoms with Gasteiger partial charge in [0, 0.05) is 24.6 Å². The van der Waals surface area contributed by atoms with Crippen LogP contribution in [-0.2, 0) is 0 Å². The normalized spacial score (nSPS) is 11.2. The molecule has 9 heteroatoms. The fourth-order valence-corrected chi connectivity index (χ4v) is 1.50. The van der Waals surface area contributed by atoms with Gasteiger partial charge in [0.2, 0.25) is 5.91 Å². The van der Waals surface area contributed by atoms with Gasteiger partial charge >= 0.3 is 6.18 Å². The third kappa shape index (κ3) is 4.75. The van der Waals surface area contributed by atoms with Crippen LogP contribution in [0, 0.1) is 10.1 Å². The van der Waals surface area contributed by atoms with Crippen LogP contribution in [0.25, 0.3) is 0 Å². The van der Waals surface area contributed by atoms with Gasteiger partial charge in [-0.3, -0.25) is 14.9 Å². The lowest BCUT2D eigenvalue weighted by Gasteiger charge is -2.09. The molecular formula is C11H12F3N3O3. The first-order chi connectivity index (χ1) is 9.20. The van der Waals surface area contributed by atoms with E-state index in [4.69, 9.17) is 5.73 Å². The highest BCUT2D eigenvalue weighted by Gasteiger charge is 2.26. The van der Waals surface area contributed by atoms with E-state index in [0.717, 1.165) is 12.1 Å². The van der Waals surface area contributed by atoms with Gasteiger partial charge in [0.25, 0.3) is 5.69 Å². The molecule has 0 saturated heterocycles. The lowest BCUT2D eigenvalue weighted by molar-refractivity contribution is -0.384. The van der Waals surface area contributed by atoms with Crippen LogP contribution in [0.4, 0.5) is 24.5 Å². The van der Waals surface area contributed by atoms with E-state index >= 15 is 0 Å². The Morgan fingerprint density at radius 1 is 1.40 bits per heavy atom. The van der Waals surface area contributed by atoms with Crippen LogP contribution in [0.15, 0.2) is 18.2 Å². The quantitative estimate of drug-likeness (QED) is 0.478. The second-order valence-corrected chi connectivity index (χ2v) is 4.00. The van der Waals surface area contributed by atoms with Crippen LogP contribution >= 0.6 is 0 Å². The second-order valence-electron chi connectivity index (χ2n) is 4.00. The topological polar surface area (TPSA) is 98.3 Å². The van der Waals surface area contributed by atoms with Crippen molar-refractivity contribution in [2.24, 2.45) is 5.73 Å². The lowest BCUT2D eigenvalue weighted by atomic mass is 10.1. The maximum atomic E-state index is 12.0. The Hall–Kier alpha value is -2.32. The highest BCUT2D eigenvalue weighted by atomic mass is 19.4. The smallest absolute Gasteiger partial charge is 0.379 e. The monoisotopic (exact) mass is 291 g/mol. The Bertz CT molecular complexity index is 517. The van der Waals surface area contributed by atoms with Crippen LogP contribution in [0.5, 0.6) is 0 Å². The van der Waals surface area contributed by atoms with Gasteiger partial charge in [-0.2, -0.15) is 13.2 Å². The Balaban J connectivity index is 2.78. The number of benzene rings is 1. The molecule has 0 aliphatic rings. The van der Waals surface area contributed by atoms with Crippen molar-refractivity contribution in [1.82, 2.24) is 0 Å². The van der Waals surface area contributed by atoms with Crippen molar-refractivity contribution in [2.75, 3.05) is 11.9 Å². The number of primary amides is 1. The molecule has 0 aliphatic heterocycles. The van der Waals surface area contributed by atoms with Gasteiger partial charge in [-0.1, -0.05) is 0 Å². The van der Waals surface area contributed by atoms with E-state index in [2.05, 4.69) is 5.32 Å². The number of hydrogen-bond acceptors (Lipinski definition) is 4. The number of nitrogens with two attached hydrogens (primary N) is 1. The van der Waals surface area contributed by atoms with Crippen molar-refractivity contribution in [3.8, 4) is 0 Å². The minimum atomic E-state index is -4.28. The molecule has 110 valence electrons. The SMILES string of the molecule is NC(=O)c1ccc([N+](=O)[O-])c(NCCCC(F)(F)F)c1. The summed E-state index contributed by atoms with van der Waals surface area (Å²) in [5.41, 5.74) is 4.71. The largest absolute Gasteiger partial charge is 0.389 e. The van der Waals surface area contributed by atoms with Crippen molar-refractivity contribution in [1.29, 1.82) is 0 Å². The number of rotatable bonds is 6. The Kier molecular flexibility index (Phi) is 4.89. The van der Waals surface area contributed by atoms with Crippen molar-refractivity contribution in [3.05, 3.63) is 33.9 Å². The van der Waals surface area contributed by atoms with Crippen LogP contribution in [-0.4, -0.2) is 23.6 Å². The number of carbonyl (C=O) groups is 1. The van der Waals surface area contributed by atoms with E-state index in [1.165, 1.54) is 6.07 Å². The number of anilines is 1. The van der Waals surface area contributed by atoms with Gasteiger partial charge in [0.1, 0.15) is 5.69 Å². The fourth-order valence-electron chi connectivity index (χ4n) is 1.50. The van der Waals surface area contributed by atoms with Crippen LogP contribution in [0.1, 0.15) is 23.2 Å². The number of alkyl halides is 3. The van der Waals surface area contributed by atoms with Gasteiger partial charge in [-0.25, -0.2) is 0 Å². The first kappa shape index (κ1) is 15.7. The van der Waals surface area contributed by atoms with Gasteiger partial charge < -0.3 is 11.1 Å². The predicted molar refractivity (Wildman–Crippen MR) is 65.4 cm³/mol. The zero-order chi connectivity index (χ0) is 15.3. The first-order valence-corrected chi connectivity index (χ1v) is 5.59. The summed E-state index contributed by atoms with van der Waals surface area (Å²) in [4.78, 5) is 21.0. The average Bonchev–Trinajstić information content (AvgIpc) is 2.33. The van der Waals surface area contributed by atoms with E-state index in [1.807, 2.05) is 0 Å². The molecule has 0 radical (unpaired) electrons. The molecule has 6 nitrogen and oxygen atoms in total. The molecule has 0 spiro atoms. The molecule has 1 aromatic rings. The molecule has 0 aliphatic carbocycles. The third-order valence-corrected chi connectivity index (χ3v) is 2.43. The number of nitro benzene ring substituents is 1. The van der Waals surface area contributed by atoms with E-state index in [-0.39, 0.29) is 29.9 Å². The summed E-state index contributed by atoms with van der Waals surface area (Å²) in [5.74, 6) is -0.779. The standard InChI is InChI=1S/C11H12F3N3O3/c12-11(13,14)4-1-5-16-8-6-7(10(15)18)2-3-9(8)17(19)20/h2-3,6,16H,1,4-5H2,(H2,15,18). The molecule has 0 unspecified atom stereocenters. The summed E-state index contributed by atoms with van der Waals surface area (Å²) in [7, 11) is 0. The molecule has 0 saturated carbocycles. The van der Waals surface area contributed by atoms with Crippen LogP contribution in [0.3, 0.4) is 0 Å². The zero-order valence-corrected chi connectivity index (χ0v) is 10.2. The highest BCUT2D eigenvalue weighted by molar-refractivity contribution is 5.94. The Morgan fingerprint density at radius 3 is 2.55 bits per heavy atom. The van der Waals surface area contributed by atoms with E-state index in [1.54, 1.807) is 0 Å². The van der Waals surface area contributed by atoms with E-state index in [9.17, 15) is 28.1 Å². The summed E-state index contributed by atoms with van der Waals surface area (Å²) in [6, 6.07) is 3.40. The molecule has 0 atom stereocenters. The highest BCUT2D eigenvalue weighted by Crippen LogP contribution is 2.26. The molecular weight excluding hydrogens is 279 g/mol. The average molecular weight is 291 g/mol. The molecule has 0 aromatic heterocycles. The van der Waals surface area contributed by atoms with Gasteiger partial charge in [-0.15, -0.1) is 0 Å². The second kappa shape index (κ2) is 6.22. The number of nitro groups is 1. The van der Waals surface area contributed by atoms with Gasteiger partial charge in [-0.05, 0) is 18.6 Å². The fraction of sp³-hybridized carbons (Fsp3) is 0.364. The number of hydrogen-bond donors (Lipinski definition) is 2. The zero-order valence-electron chi connectivity index (χ0n) is 10.2. The maximum absolute atomic E-state index is 12.0. The summed E-state index contributed by atoms with van der Waals surface area (Å²) >= 11 is 0. The van der Waals surface area contributed by atoms with Crippen molar-refractivity contribution in [3.63, 3.8) is 0 Å². The molecule has 1 aromatic carbocycles. The Morgan fingerprint density at radius 2 is 2.05 bits per heavy atom. The molecule has 20 heavy (non-hydrogen) atoms. The third-order valence-electron chi connectivity index (χ3n) is 2.43. The molecule has 0 fully saturated rings. The van der Waals surface area contributed by atoms with Gasteiger partial charge in [0.15, 0.2) is 0 Å². The number of amides is 1. The number of halogens is 3. The minimum absolute atomic E-state index is 0.0338. The number of nitrogens with zero attached hydrogens (tertiary/aromatic N) is 1. The summed E-state index contributed by atoms with van der Waals surface area (Å²) in [6.45, 7) is -0.109. The molecule has 0 bridgehead atoms. The first-order valence-electron chi connectivity index (χ1n) is 5.59. The Labute approximate surface area is 111 Å². The molecule has 3 N–H and O–H groups in total. The molecule has 0 heterocycles. The maximum Gasteiger partial charge on any atom is 0.389 e. The van der Waals surface area contributed by atoms with E-state index in [0.29, 0.717) is 0 Å². The molecule has 1 rings (SSSR count).